The molecule has 19 heavy (non-hydrogen) atoms. The van der Waals surface area contributed by atoms with Crippen molar-refractivity contribution in [3.05, 3.63) is 60.9 Å². The molecule has 0 atom stereocenters. The SMILES string of the molecule is O=S(=O)(O)c1ccccc1.c1cnc2cc[nH]c2c1. The van der Waals surface area contributed by atoms with E-state index in [1.165, 1.54) is 12.1 Å². The molecule has 2 heterocycles. The first-order chi connectivity index (χ1) is 9.07. The number of rotatable bonds is 1. The predicted molar refractivity (Wildman–Crippen MR) is 72.4 cm³/mol. The largest absolute Gasteiger partial charge is 0.360 e. The van der Waals surface area contributed by atoms with Gasteiger partial charge in [0, 0.05) is 12.4 Å². The van der Waals surface area contributed by atoms with Crippen LogP contribution in [-0.4, -0.2) is 22.9 Å². The van der Waals surface area contributed by atoms with Gasteiger partial charge in [-0.3, -0.25) is 9.54 Å². The molecule has 0 amide bonds. The fourth-order valence-corrected chi connectivity index (χ4v) is 1.98. The van der Waals surface area contributed by atoms with Crippen LogP contribution in [0.25, 0.3) is 11.0 Å². The first-order valence-corrected chi connectivity index (χ1v) is 6.92. The molecule has 5 nitrogen and oxygen atoms in total. The number of pyridine rings is 1. The normalized spacial score (nSPS) is 10.8. The van der Waals surface area contributed by atoms with E-state index >= 15 is 0 Å². The summed E-state index contributed by atoms with van der Waals surface area (Å²) in [7, 11) is -4.00. The highest BCUT2D eigenvalue weighted by Crippen LogP contribution is 2.06. The number of fused-ring (bicyclic) bond motifs is 1. The molecular formula is C13H12N2O3S. The van der Waals surface area contributed by atoms with Gasteiger partial charge in [-0.2, -0.15) is 8.42 Å². The maximum Gasteiger partial charge on any atom is 0.294 e. The van der Waals surface area contributed by atoms with Gasteiger partial charge in [0.25, 0.3) is 10.1 Å². The van der Waals surface area contributed by atoms with Gasteiger partial charge < -0.3 is 4.98 Å². The highest BCUT2D eigenvalue weighted by atomic mass is 32.2. The van der Waals surface area contributed by atoms with Crippen LogP contribution in [0.5, 0.6) is 0 Å². The summed E-state index contributed by atoms with van der Waals surface area (Å²) in [6.45, 7) is 0. The van der Waals surface area contributed by atoms with Crippen molar-refractivity contribution < 1.29 is 13.0 Å². The summed E-state index contributed by atoms with van der Waals surface area (Å²) in [5.41, 5.74) is 2.12. The Kier molecular flexibility index (Phi) is 3.94. The third-order valence-corrected chi connectivity index (χ3v) is 3.23. The number of hydrogen-bond acceptors (Lipinski definition) is 3. The van der Waals surface area contributed by atoms with E-state index in [1.807, 2.05) is 24.4 Å². The molecule has 6 heteroatoms. The van der Waals surface area contributed by atoms with Crippen molar-refractivity contribution in [3.63, 3.8) is 0 Å². The third-order valence-electron chi connectivity index (χ3n) is 2.36. The molecule has 0 saturated heterocycles. The lowest BCUT2D eigenvalue weighted by atomic mass is 10.4. The van der Waals surface area contributed by atoms with Crippen LogP contribution in [0.4, 0.5) is 0 Å². The highest BCUT2D eigenvalue weighted by Gasteiger charge is 2.05. The van der Waals surface area contributed by atoms with E-state index in [9.17, 15) is 8.42 Å². The summed E-state index contributed by atoms with van der Waals surface area (Å²) < 4.78 is 29.2. The Morgan fingerprint density at radius 2 is 1.74 bits per heavy atom. The minimum atomic E-state index is -4.00. The molecular weight excluding hydrogens is 264 g/mol. The predicted octanol–water partition coefficient (Wildman–Crippen LogP) is 2.50. The average Bonchev–Trinajstić information content (AvgIpc) is 2.88. The molecule has 0 bridgehead atoms. The smallest absolute Gasteiger partial charge is 0.294 e. The lowest BCUT2D eigenvalue weighted by Crippen LogP contribution is -1.96. The van der Waals surface area contributed by atoms with Crippen LogP contribution in [0.3, 0.4) is 0 Å². The molecule has 98 valence electrons. The first kappa shape index (κ1) is 13.3. The lowest BCUT2D eigenvalue weighted by molar-refractivity contribution is 0.483. The van der Waals surface area contributed by atoms with Gasteiger partial charge in [-0.1, -0.05) is 18.2 Å². The summed E-state index contributed by atoms with van der Waals surface area (Å²) in [5.74, 6) is 0. The van der Waals surface area contributed by atoms with Crippen LogP contribution in [0, 0.1) is 0 Å². The van der Waals surface area contributed by atoms with Crippen molar-refractivity contribution in [1.82, 2.24) is 9.97 Å². The molecule has 0 saturated carbocycles. The van der Waals surface area contributed by atoms with Crippen molar-refractivity contribution in [2.45, 2.75) is 4.90 Å². The van der Waals surface area contributed by atoms with Crippen LogP contribution < -0.4 is 0 Å². The van der Waals surface area contributed by atoms with E-state index in [2.05, 4.69) is 9.97 Å². The molecule has 0 unspecified atom stereocenters. The molecule has 0 aliphatic rings. The van der Waals surface area contributed by atoms with Crippen molar-refractivity contribution in [2.24, 2.45) is 0 Å². The third kappa shape index (κ3) is 3.64. The van der Waals surface area contributed by atoms with Crippen molar-refractivity contribution in [1.29, 1.82) is 0 Å². The number of nitrogens with zero attached hydrogens (tertiary/aromatic N) is 1. The number of aromatic amines is 1. The molecule has 0 fully saturated rings. The summed E-state index contributed by atoms with van der Waals surface area (Å²) in [5, 5.41) is 0. The zero-order chi connectivity index (χ0) is 13.7. The molecule has 0 radical (unpaired) electrons. The Balaban J connectivity index is 0.000000141. The molecule has 2 N–H and O–H groups in total. The Hall–Kier alpha value is -2.18. The van der Waals surface area contributed by atoms with Gasteiger partial charge in [0.15, 0.2) is 0 Å². The van der Waals surface area contributed by atoms with E-state index in [1.54, 1.807) is 24.4 Å². The summed E-state index contributed by atoms with van der Waals surface area (Å²) in [6.07, 6.45) is 3.67. The number of hydrogen-bond donors (Lipinski definition) is 2. The average molecular weight is 276 g/mol. The summed E-state index contributed by atoms with van der Waals surface area (Å²) in [6, 6.07) is 13.3. The number of aromatic nitrogens is 2. The van der Waals surface area contributed by atoms with Crippen LogP contribution >= 0.6 is 0 Å². The molecule has 1 aromatic carbocycles. The molecule has 3 aromatic rings. The maximum absolute atomic E-state index is 10.4. The molecule has 2 aromatic heterocycles. The van der Waals surface area contributed by atoms with Crippen LogP contribution in [0.2, 0.25) is 0 Å². The van der Waals surface area contributed by atoms with Crippen LogP contribution in [0.1, 0.15) is 0 Å². The maximum atomic E-state index is 10.4. The van der Waals surface area contributed by atoms with Gasteiger partial charge in [0.2, 0.25) is 0 Å². The van der Waals surface area contributed by atoms with Gasteiger partial charge in [0.05, 0.1) is 15.9 Å². The fraction of sp³-hybridized carbons (Fsp3) is 0. The lowest BCUT2D eigenvalue weighted by Gasteiger charge is -1.92. The standard InChI is InChI=1S/C7H6N2.C6H6O3S/c1-2-6-7(8-4-1)3-5-9-6;7-10(8,9)6-4-2-1-3-5-6/h1-5,9H;1-5H,(H,7,8,9). The Labute approximate surface area is 110 Å². The topological polar surface area (TPSA) is 83.1 Å². The van der Waals surface area contributed by atoms with Crippen molar-refractivity contribution in [2.75, 3.05) is 0 Å². The quantitative estimate of drug-likeness (QED) is 0.669. The van der Waals surface area contributed by atoms with E-state index in [0.717, 1.165) is 11.0 Å². The number of nitrogens with one attached hydrogen (secondary N) is 1. The number of H-pyrrole nitrogens is 1. The molecule has 0 spiro atoms. The zero-order valence-electron chi connectivity index (χ0n) is 9.89. The second kappa shape index (κ2) is 5.64. The zero-order valence-corrected chi connectivity index (χ0v) is 10.7. The minimum Gasteiger partial charge on any atom is -0.360 e. The van der Waals surface area contributed by atoms with Gasteiger partial charge in [-0.15, -0.1) is 0 Å². The van der Waals surface area contributed by atoms with Crippen molar-refractivity contribution >= 4 is 21.2 Å². The van der Waals surface area contributed by atoms with E-state index in [4.69, 9.17) is 4.55 Å². The van der Waals surface area contributed by atoms with Gasteiger partial charge in [0.1, 0.15) is 0 Å². The molecule has 0 aliphatic heterocycles. The van der Waals surface area contributed by atoms with Gasteiger partial charge in [-0.25, -0.2) is 0 Å². The number of benzene rings is 1. The first-order valence-electron chi connectivity index (χ1n) is 5.48. The molecule has 3 rings (SSSR count). The second-order valence-electron chi connectivity index (χ2n) is 3.70. The Morgan fingerprint density at radius 3 is 2.32 bits per heavy atom. The highest BCUT2D eigenvalue weighted by molar-refractivity contribution is 7.85. The Bertz CT molecular complexity index is 721. The summed E-state index contributed by atoms with van der Waals surface area (Å²) in [4.78, 5) is 7.09. The van der Waals surface area contributed by atoms with Crippen LogP contribution in [0.15, 0.2) is 65.8 Å². The second-order valence-corrected chi connectivity index (χ2v) is 5.12. The fourth-order valence-electron chi connectivity index (χ4n) is 1.48. The van der Waals surface area contributed by atoms with Crippen molar-refractivity contribution in [3.8, 4) is 0 Å². The minimum absolute atomic E-state index is 0.0741. The van der Waals surface area contributed by atoms with E-state index < -0.39 is 10.1 Å². The monoisotopic (exact) mass is 276 g/mol. The van der Waals surface area contributed by atoms with Gasteiger partial charge in [-0.05, 0) is 30.3 Å². The molecule has 0 aliphatic carbocycles. The van der Waals surface area contributed by atoms with Gasteiger partial charge >= 0.3 is 0 Å². The van der Waals surface area contributed by atoms with E-state index in [0.29, 0.717) is 0 Å². The van der Waals surface area contributed by atoms with Crippen LogP contribution in [-0.2, 0) is 10.1 Å². The Morgan fingerprint density at radius 1 is 1.00 bits per heavy atom. The summed E-state index contributed by atoms with van der Waals surface area (Å²) >= 11 is 0. The van der Waals surface area contributed by atoms with E-state index in [-0.39, 0.29) is 4.90 Å².